The van der Waals surface area contributed by atoms with E-state index in [1.54, 1.807) is 7.11 Å². The Kier molecular flexibility index (Phi) is 1.07. The maximum atomic E-state index is 5.28. The second-order valence-electron chi connectivity index (χ2n) is 2.24. The van der Waals surface area contributed by atoms with Crippen LogP contribution in [-0.4, -0.2) is 7.11 Å². The van der Waals surface area contributed by atoms with Crippen molar-refractivity contribution in [3.63, 3.8) is 0 Å². The lowest BCUT2D eigenvalue weighted by Crippen LogP contribution is -1.83. The van der Waals surface area contributed by atoms with Gasteiger partial charge in [-0.2, -0.15) is 0 Å². The fourth-order valence-electron chi connectivity index (χ4n) is 1.18. The number of para-hydroxylation sites is 1. The van der Waals surface area contributed by atoms with Crippen molar-refractivity contribution in [2.45, 2.75) is 6.61 Å². The Hall–Kier alpha value is -1.18. The van der Waals surface area contributed by atoms with E-state index in [9.17, 15) is 0 Å². The molecule has 0 saturated heterocycles. The molecule has 1 aliphatic heterocycles. The van der Waals surface area contributed by atoms with E-state index in [1.165, 1.54) is 0 Å². The van der Waals surface area contributed by atoms with Crippen molar-refractivity contribution in [1.29, 1.82) is 0 Å². The van der Waals surface area contributed by atoms with Crippen LogP contribution in [0.3, 0.4) is 0 Å². The topological polar surface area (TPSA) is 18.5 Å². The molecule has 0 spiro atoms. The average molecular weight is 136 g/mol. The summed E-state index contributed by atoms with van der Waals surface area (Å²) in [5.74, 6) is 1.75. The third-order valence-corrected chi connectivity index (χ3v) is 1.65. The normalized spacial score (nSPS) is 12.9. The molecule has 2 nitrogen and oxygen atoms in total. The van der Waals surface area contributed by atoms with Gasteiger partial charge in [-0.15, -0.1) is 0 Å². The second kappa shape index (κ2) is 1.90. The standard InChI is InChI=1S/C8H8O2/c1-9-8-6-3-2-4-7(8)10-5-6/h2-4H,5H2,1H3. The lowest BCUT2D eigenvalue weighted by Gasteiger charge is -1.98. The zero-order valence-corrected chi connectivity index (χ0v) is 5.76. The summed E-state index contributed by atoms with van der Waals surface area (Å²) in [5, 5.41) is 0. The summed E-state index contributed by atoms with van der Waals surface area (Å²) in [4.78, 5) is 0. The molecule has 1 aliphatic rings. The van der Waals surface area contributed by atoms with Crippen molar-refractivity contribution >= 4 is 0 Å². The zero-order valence-electron chi connectivity index (χ0n) is 5.76. The summed E-state index contributed by atoms with van der Waals surface area (Å²) in [6.45, 7) is 0.658. The van der Waals surface area contributed by atoms with Gasteiger partial charge >= 0.3 is 0 Å². The van der Waals surface area contributed by atoms with Crippen LogP contribution in [-0.2, 0) is 6.61 Å². The molecule has 0 atom stereocenters. The molecule has 0 aromatic heterocycles. The number of hydrogen-bond donors (Lipinski definition) is 0. The third-order valence-electron chi connectivity index (χ3n) is 1.65. The fourth-order valence-corrected chi connectivity index (χ4v) is 1.18. The predicted octanol–water partition coefficient (Wildman–Crippen LogP) is 1.59. The zero-order chi connectivity index (χ0) is 6.97. The number of rotatable bonds is 1. The van der Waals surface area contributed by atoms with Crippen LogP contribution in [0.4, 0.5) is 0 Å². The van der Waals surface area contributed by atoms with Crippen LogP contribution in [0, 0.1) is 0 Å². The molecule has 10 heavy (non-hydrogen) atoms. The summed E-state index contributed by atoms with van der Waals surface area (Å²) >= 11 is 0. The van der Waals surface area contributed by atoms with Crippen LogP contribution in [0.25, 0.3) is 0 Å². The molecule has 0 amide bonds. The molecule has 1 aromatic rings. The van der Waals surface area contributed by atoms with E-state index in [4.69, 9.17) is 9.47 Å². The molecular formula is C8H8O2. The second-order valence-corrected chi connectivity index (χ2v) is 2.24. The first-order valence-corrected chi connectivity index (χ1v) is 3.20. The van der Waals surface area contributed by atoms with E-state index in [1.807, 2.05) is 18.2 Å². The highest BCUT2D eigenvalue weighted by Crippen LogP contribution is 2.37. The fraction of sp³-hybridized carbons (Fsp3) is 0.250. The van der Waals surface area contributed by atoms with Crippen LogP contribution in [0.2, 0.25) is 0 Å². The highest BCUT2D eigenvalue weighted by Gasteiger charge is 2.16. The van der Waals surface area contributed by atoms with Gasteiger partial charge in [0.05, 0.1) is 7.11 Å². The molecule has 2 bridgehead atoms. The summed E-state index contributed by atoms with van der Waals surface area (Å²) in [6.07, 6.45) is 0. The van der Waals surface area contributed by atoms with E-state index in [0.717, 1.165) is 17.1 Å². The number of hydrogen-bond acceptors (Lipinski definition) is 2. The van der Waals surface area contributed by atoms with Crippen molar-refractivity contribution in [3.05, 3.63) is 23.8 Å². The first-order valence-electron chi connectivity index (χ1n) is 3.20. The SMILES string of the molecule is COc1c2cccc1OC2. The molecule has 0 N–H and O–H groups in total. The summed E-state index contributed by atoms with van der Waals surface area (Å²) in [6, 6.07) is 5.89. The quantitative estimate of drug-likeness (QED) is 0.583. The van der Waals surface area contributed by atoms with Gasteiger partial charge in [0.15, 0.2) is 11.5 Å². The first-order chi connectivity index (χ1) is 4.92. The number of benzene rings is 1. The molecule has 1 aromatic carbocycles. The number of methoxy groups -OCH3 is 1. The third kappa shape index (κ3) is 0.588. The summed E-state index contributed by atoms with van der Waals surface area (Å²) < 4.78 is 10.4. The Morgan fingerprint density at radius 3 is 3.00 bits per heavy atom. The van der Waals surface area contributed by atoms with Crippen LogP contribution >= 0.6 is 0 Å². The Morgan fingerprint density at radius 1 is 1.50 bits per heavy atom. The Bertz CT molecular complexity index is 233. The van der Waals surface area contributed by atoms with Gasteiger partial charge in [0, 0.05) is 5.56 Å². The molecule has 0 aliphatic carbocycles. The molecule has 0 fully saturated rings. The Labute approximate surface area is 59.4 Å². The monoisotopic (exact) mass is 136 g/mol. The number of ether oxygens (including phenoxy) is 2. The highest BCUT2D eigenvalue weighted by atomic mass is 16.5. The minimum atomic E-state index is 0.658. The predicted molar refractivity (Wildman–Crippen MR) is 37.3 cm³/mol. The summed E-state index contributed by atoms with van der Waals surface area (Å²) in [5.41, 5.74) is 1.14. The van der Waals surface area contributed by atoms with E-state index in [0.29, 0.717) is 6.61 Å². The molecule has 52 valence electrons. The molecule has 0 radical (unpaired) electrons. The first kappa shape index (κ1) is 5.59. The van der Waals surface area contributed by atoms with E-state index in [-0.39, 0.29) is 0 Å². The Morgan fingerprint density at radius 2 is 2.40 bits per heavy atom. The van der Waals surface area contributed by atoms with Gasteiger partial charge in [-0.25, -0.2) is 0 Å². The van der Waals surface area contributed by atoms with Crippen LogP contribution in [0.5, 0.6) is 11.5 Å². The lowest BCUT2D eigenvalue weighted by molar-refractivity contribution is 0.322. The van der Waals surface area contributed by atoms with Crippen molar-refractivity contribution in [3.8, 4) is 11.5 Å². The van der Waals surface area contributed by atoms with Gasteiger partial charge < -0.3 is 9.47 Å². The van der Waals surface area contributed by atoms with Gasteiger partial charge in [0.25, 0.3) is 0 Å². The summed E-state index contributed by atoms with van der Waals surface area (Å²) in [7, 11) is 1.66. The van der Waals surface area contributed by atoms with Crippen molar-refractivity contribution in [2.24, 2.45) is 0 Å². The molecule has 0 saturated carbocycles. The maximum Gasteiger partial charge on any atom is 0.167 e. The van der Waals surface area contributed by atoms with Gasteiger partial charge in [-0.3, -0.25) is 0 Å². The molecule has 0 unspecified atom stereocenters. The molecule has 2 rings (SSSR count). The largest absolute Gasteiger partial charge is 0.492 e. The van der Waals surface area contributed by atoms with Gasteiger partial charge in [0.1, 0.15) is 6.61 Å². The van der Waals surface area contributed by atoms with Crippen LogP contribution < -0.4 is 9.47 Å². The Balaban J connectivity index is 2.58. The number of fused-ring (bicyclic) bond motifs is 2. The highest BCUT2D eigenvalue weighted by molar-refractivity contribution is 5.49. The van der Waals surface area contributed by atoms with E-state index in [2.05, 4.69) is 0 Å². The van der Waals surface area contributed by atoms with Gasteiger partial charge in [-0.1, -0.05) is 12.1 Å². The van der Waals surface area contributed by atoms with E-state index >= 15 is 0 Å². The lowest BCUT2D eigenvalue weighted by atomic mass is 10.2. The van der Waals surface area contributed by atoms with Gasteiger partial charge in [0.2, 0.25) is 0 Å². The molecule has 1 heterocycles. The average Bonchev–Trinajstić information content (AvgIpc) is 2.19. The van der Waals surface area contributed by atoms with Gasteiger partial charge in [-0.05, 0) is 6.07 Å². The van der Waals surface area contributed by atoms with Crippen molar-refractivity contribution in [2.75, 3.05) is 7.11 Å². The van der Waals surface area contributed by atoms with Crippen LogP contribution in [0.15, 0.2) is 18.2 Å². The smallest absolute Gasteiger partial charge is 0.167 e. The van der Waals surface area contributed by atoms with Crippen molar-refractivity contribution in [1.82, 2.24) is 0 Å². The maximum absolute atomic E-state index is 5.28. The van der Waals surface area contributed by atoms with E-state index < -0.39 is 0 Å². The van der Waals surface area contributed by atoms with Crippen molar-refractivity contribution < 1.29 is 9.47 Å². The minimum absolute atomic E-state index is 0.658. The minimum Gasteiger partial charge on any atom is -0.492 e. The van der Waals surface area contributed by atoms with Crippen LogP contribution in [0.1, 0.15) is 5.56 Å². The molecule has 2 heteroatoms. The molecular weight excluding hydrogens is 128 g/mol.